The van der Waals surface area contributed by atoms with E-state index in [1.165, 1.54) is 12.3 Å². The fourth-order valence-electron chi connectivity index (χ4n) is 0.837. The zero-order chi connectivity index (χ0) is 9.84. The molecule has 0 atom stereocenters. The lowest BCUT2D eigenvalue weighted by Crippen LogP contribution is -2.02. The Morgan fingerprint density at radius 3 is 2.92 bits per heavy atom. The standard InChI is InChI=1S/C9H6N2O2/c1-6(9(12)13)8-7(5-10)3-2-4-11-8/h2-4H,1H2,(H,12,13). The Morgan fingerprint density at radius 1 is 1.69 bits per heavy atom. The molecule has 1 rings (SSSR count). The number of carbonyl (C=O) groups is 1. The highest BCUT2D eigenvalue weighted by molar-refractivity contribution is 6.14. The molecule has 0 aliphatic rings. The zero-order valence-electron chi connectivity index (χ0n) is 6.69. The number of carboxylic acids is 1. The quantitative estimate of drug-likeness (QED) is 0.680. The summed E-state index contributed by atoms with van der Waals surface area (Å²) < 4.78 is 0. The molecule has 0 bridgehead atoms. The van der Waals surface area contributed by atoms with Crippen LogP contribution in [0.3, 0.4) is 0 Å². The molecule has 0 aliphatic carbocycles. The molecule has 0 saturated heterocycles. The molecule has 0 fully saturated rings. The van der Waals surface area contributed by atoms with Crippen molar-refractivity contribution in [1.82, 2.24) is 4.98 Å². The van der Waals surface area contributed by atoms with Crippen LogP contribution in [0.15, 0.2) is 24.9 Å². The van der Waals surface area contributed by atoms with E-state index < -0.39 is 5.97 Å². The SMILES string of the molecule is C=C(C(=O)O)c1ncccc1C#N. The third kappa shape index (κ3) is 1.71. The summed E-state index contributed by atoms with van der Waals surface area (Å²) in [5, 5.41) is 17.2. The second-order valence-corrected chi connectivity index (χ2v) is 2.30. The van der Waals surface area contributed by atoms with Gasteiger partial charge < -0.3 is 5.11 Å². The normalized spacial score (nSPS) is 8.85. The molecule has 4 heteroatoms. The Kier molecular flexibility index (Phi) is 2.41. The number of hydrogen-bond acceptors (Lipinski definition) is 3. The van der Waals surface area contributed by atoms with Crippen molar-refractivity contribution in [2.75, 3.05) is 0 Å². The number of nitrogens with zero attached hydrogens (tertiary/aromatic N) is 2. The fourth-order valence-corrected chi connectivity index (χ4v) is 0.837. The minimum atomic E-state index is -1.17. The van der Waals surface area contributed by atoms with Crippen molar-refractivity contribution in [1.29, 1.82) is 5.26 Å². The van der Waals surface area contributed by atoms with Crippen molar-refractivity contribution in [2.24, 2.45) is 0 Å². The van der Waals surface area contributed by atoms with Gasteiger partial charge in [-0.15, -0.1) is 0 Å². The lowest BCUT2D eigenvalue weighted by molar-refractivity contribution is -0.130. The van der Waals surface area contributed by atoms with Crippen molar-refractivity contribution in [3.8, 4) is 6.07 Å². The predicted octanol–water partition coefficient (Wildman–Crippen LogP) is 1.05. The number of pyridine rings is 1. The molecule has 0 aliphatic heterocycles. The highest BCUT2D eigenvalue weighted by Crippen LogP contribution is 2.13. The van der Waals surface area contributed by atoms with Crippen LogP contribution in [-0.2, 0) is 4.79 Å². The zero-order valence-corrected chi connectivity index (χ0v) is 6.69. The summed E-state index contributed by atoms with van der Waals surface area (Å²) >= 11 is 0. The van der Waals surface area contributed by atoms with Crippen LogP contribution >= 0.6 is 0 Å². The highest BCUT2D eigenvalue weighted by Gasteiger charge is 2.12. The summed E-state index contributed by atoms with van der Waals surface area (Å²) in [6.07, 6.45) is 1.42. The van der Waals surface area contributed by atoms with Gasteiger partial charge in [-0.1, -0.05) is 6.58 Å². The summed E-state index contributed by atoms with van der Waals surface area (Å²) in [4.78, 5) is 14.3. The number of aromatic nitrogens is 1. The molecule has 1 aromatic heterocycles. The Bertz CT molecular complexity index is 404. The lowest BCUT2D eigenvalue weighted by atomic mass is 10.1. The van der Waals surface area contributed by atoms with Crippen LogP contribution in [0.25, 0.3) is 5.57 Å². The van der Waals surface area contributed by atoms with Gasteiger partial charge in [-0.25, -0.2) is 4.79 Å². The van der Waals surface area contributed by atoms with Crippen LogP contribution in [-0.4, -0.2) is 16.1 Å². The van der Waals surface area contributed by atoms with Gasteiger partial charge in [0.05, 0.1) is 16.8 Å². The van der Waals surface area contributed by atoms with E-state index in [1.54, 1.807) is 6.07 Å². The molecule has 13 heavy (non-hydrogen) atoms. The number of nitriles is 1. The molecular weight excluding hydrogens is 168 g/mol. The smallest absolute Gasteiger partial charge is 0.337 e. The molecule has 0 spiro atoms. The third-order valence-corrected chi connectivity index (χ3v) is 1.47. The predicted molar refractivity (Wildman–Crippen MR) is 45.6 cm³/mol. The van der Waals surface area contributed by atoms with Crippen LogP contribution < -0.4 is 0 Å². The molecule has 0 amide bonds. The minimum absolute atomic E-state index is 0.123. The lowest BCUT2D eigenvalue weighted by Gasteiger charge is -2.00. The van der Waals surface area contributed by atoms with Gasteiger partial charge in [0.1, 0.15) is 6.07 Å². The Labute approximate surface area is 74.8 Å². The molecule has 0 unspecified atom stereocenters. The van der Waals surface area contributed by atoms with Crippen LogP contribution in [0.2, 0.25) is 0 Å². The van der Waals surface area contributed by atoms with Crippen molar-refractivity contribution in [2.45, 2.75) is 0 Å². The third-order valence-electron chi connectivity index (χ3n) is 1.47. The van der Waals surface area contributed by atoms with Crippen LogP contribution in [0.4, 0.5) is 0 Å². The van der Waals surface area contributed by atoms with Gasteiger partial charge in [-0.3, -0.25) is 4.98 Å². The summed E-state index contributed by atoms with van der Waals surface area (Å²) in [5.74, 6) is -1.17. The average Bonchev–Trinajstić information content (AvgIpc) is 2.16. The number of aliphatic carboxylic acids is 1. The molecule has 0 saturated carbocycles. The van der Waals surface area contributed by atoms with Crippen molar-refractivity contribution < 1.29 is 9.90 Å². The van der Waals surface area contributed by atoms with E-state index in [9.17, 15) is 4.79 Å². The van der Waals surface area contributed by atoms with E-state index >= 15 is 0 Å². The monoisotopic (exact) mass is 174 g/mol. The largest absolute Gasteiger partial charge is 0.478 e. The van der Waals surface area contributed by atoms with E-state index in [0.29, 0.717) is 0 Å². The van der Waals surface area contributed by atoms with Gasteiger partial charge >= 0.3 is 5.97 Å². The van der Waals surface area contributed by atoms with Gasteiger partial charge in [-0.05, 0) is 12.1 Å². The van der Waals surface area contributed by atoms with Crippen molar-refractivity contribution in [3.63, 3.8) is 0 Å². The summed E-state index contributed by atoms with van der Waals surface area (Å²) in [5.41, 5.74) is 0.171. The van der Waals surface area contributed by atoms with Gasteiger partial charge in [0, 0.05) is 6.20 Å². The number of hydrogen-bond donors (Lipinski definition) is 1. The first-order valence-corrected chi connectivity index (χ1v) is 3.44. The molecular formula is C9H6N2O2. The second-order valence-electron chi connectivity index (χ2n) is 2.30. The molecule has 1 heterocycles. The first-order chi connectivity index (χ1) is 6.16. The maximum absolute atomic E-state index is 10.5. The molecule has 1 aromatic rings. The minimum Gasteiger partial charge on any atom is -0.478 e. The highest BCUT2D eigenvalue weighted by atomic mass is 16.4. The first-order valence-electron chi connectivity index (χ1n) is 3.44. The van der Waals surface area contributed by atoms with Crippen molar-refractivity contribution >= 4 is 11.5 Å². The van der Waals surface area contributed by atoms with Gasteiger partial charge in [0.2, 0.25) is 0 Å². The molecule has 0 radical (unpaired) electrons. The van der Waals surface area contributed by atoms with E-state index in [-0.39, 0.29) is 16.8 Å². The summed E-state index contributed by atoms with van der Waals surface area (Å²) in [6.45, 7) is 3.32. The molecule has 0 aromatic carbocycles. The van der Waals surface area contributed by atoms with Gasteiger partial charge in [0.15, 0.2) is 0 Å². The molecule has 4 nitrogen and oxygen atoms in total. The summed E-state index contributed by atoms with van der Waals surface area (Å²) in [6, 6.07) is 4.91. The Balaban J connectivity index is 3.23. The average molecular weight is 174 g/mol. The van der Waals surface area contributed by atoms with Crippen LogP contribution in [0.1, 0.15) is 11.3 Å². The first kappa shape index (κ1) is 8.94. The van der Waals surface area contributed by atoms with E-state index in [1.807, 2.05) is 6.07 Å². The molecule has 1 N–H and O–H groups in total. The fraction of sp³-hybridized carbons (Fsp3) is 0. The van der Waals surface area contributed by atoms with Crippen LogP contribution in [0, 0.1) is 11.3 Å². The van der Waals surface area contributed by atoms with E-state index in [4.69, 9.17) is 10.4 Å². The Hall–Kier alpha value is -2.15. The summed E-state index contributed by atoms with van der Waals surface area (Å²) in [7, 11) is 0. The number of carboxylic acid groups (broad SMARTS) is 1. The van der Waals surface area contributed by atoms with Crippen molar-refractivity contribution in [3.05, 3.63) is 36.2 Å². The van der Waals surface area contributed by atoms with E-state index in [2.05, 4.69) is 11.6 Å². The van der Waals surface area contributed by atoms with Crippen LogP contribution in [0.5, 0.6) is 0 Å². The van der Waals surface area contributed by atoms with E-state index in [0.717, 1.165) is 0 Å². The van der Waals surface area contributed by atoms with Gasteiger partial charge in [0.25, 0.3) is 0 Å². The maximum atomic E-state index is 10.5. The molecule has 64 valence electrons. The number of rotatable bonds is 2. The Morgan fingerprint density at radius 2 is 2.38 bits per heavy atom. The topological polar surface area (TPSA) is 74.0 Å². The maximum Gasteiger partial charge on any atom is 0.337 e. The second kappa shape index (κ2) is 3.50. The van der Waals surface area contributed by atoms with Gasteiger partial charge in [-0.2, -0.15) is 5.26 Å².